The van der Waals surface area contributed by atoms with E-state index in [1.807, 2.05) is 50.2 Å². The van der Waals surface area contributed by atoms with E-state index in [0.29, 0.717) is 5.75 Å². The third-order valence-electron chi connectivity index (χ3n) is 3.64. The van der Waals surface area contributed by atoms with Crippen molar-refractivity contribution in [3.63, 3.8) is 0 Å². The van der Waals surface area contributed by atoms with E-state index in [0.717, 1.165) is 27.8 Å². The van der Waals surface area contributed by atoms with Crippen LogP contribution in [0.15, 0.2) is 48.5 Å². The molecule has 0 unspecified atom stereocenters. The Morgan fingerprint density at radius 2 is 1.83 bits per heavy atom. The number of fused-ring (bicyclic) bond motifs is 1. The maximum atomic E-state index is 12.3. The third-order valence-corrected chi connectivity index (χ3v) is 3.64. The van der Waals surface area contributed by atoms with Crippen molar-refractivity contribution in [3.05, 3.63) is 65.4 Å². The van der Waals surface area contributed by atoms with Crippen molar-refractivity contribution in [3.8, 4) is 11.5 Å². The number of hydrogen-bond acceptors (Lipinski definition) is 4. The van der Waals surface area contributed by atoms with Crippen molar-refractivity contribution in [1.29, 1.82) is 0 Å². The normalized spacial score (nSPS) is 10.6. The number of carbonyl (C=O) groups excluding carboxylic acids is 1. The van der Waals surface area contributed by atoms with Crippen LogP contribution in [-0.2, 0) is 0 Å². The highest BCUT2D eigenvalue weighted by Gasteiger charge is 2.12. The lowest BCUT2D eigenvalue weighted by Crippen LogP contribution is -2.11. The molecule has 0 aliphatic carbocycles. The predicted molar refractivity (Wildman–Crippen MR) is 89.2 cm³/mol. The molecule has 0 atom stereocenters. The fourth-order valence-corrected chi connectivity index (χ4v) is 2.41. The number of ether oxygens (including phenoxy) is 2. The van der Waals surface area contributed by atoms with Gasteiger partial charge < -0.3 is 9.47 Å². The summed E-state index contributed by atoms with van der Waals surface area (Å²) in [6.45, 7) is 3.91. The zero-order chi connectivity index (χ0) is 16.4. The molecule has 116 valence electrons. The number of aromatic nitrogens is 1. The standard InChI is InChI=1S/C19H17NO3/c1-12-4-9-18(13(2)10-12)23-19(21)17-7-5-14-11-15(22-3)6-8-16(14)20-17/h4-11H,1-3H3. The van der Waals surface area contributed by atoms with E-state index in [-0.39, 0.29) is 5.69 Å². The van der Waals surface area contributed by atoms with Gasteiger partial charge in [0.25, 0.3) is 0 Å². The third kappa shape index (κ3) is 3.16. The van der Waals surface area contributed by atoms with Crippen LogP contribution in [0.2, 0.25) is 0 Å². The van der Waals surface area contributed by atoms with Crippen molar-refractivity contribution in [2.45, 2.75) is 13.8 Å². The van der Waals surface area contributed by atoms with E-state index in [1.165, 1.54) is 0 Å². The van der Waals surface area contributed by atoms with Gasteiger partial charge in [0.1, 0.15) is 17.2 Å². The lowest BCUT2D eigenvalue weighted by molar-refractivity contribution is 0.0728. The molecule has 0 bridgehead atoms. The number of hydrogen-bond donors (Lipinski definition) is 0. The Morgan fingerprint density at radius 3 is 2.57 bits per heavy atom. The number of rotatable bonds is 3. The average Bonchev–Trinajstić information content (AvgIpc) is 2.56. The summed E-state index contributed by atoms with van der Waals surface area (Å²) in [4.78, 5) is 16.7. The second kappa shape index (κ2) is 6.08. The molecule has 0 aliphatic heterocycles. The maximum Gasteiger partial charge on any atom is 0.362 e. The van der Waals surface area contributed by atoms with Gasteiger partial charge in [-0.15, -0.1) is 0 Å². The van der Waals surface area contributed by atoms with Gasteiger partial charge in [-0.25, -0.2) is 9.78 Å². The van der Waals surface area contributed by atoms with Crippen molar-refractivity contribution in [2.75, 3.05) is 7.11 Å². The number of methoxy groups -OCH3 is 1. The maximum absolute atomic E-state index is 12.3. The second-order valence-corrected chi connectivity index (χ2v) is 5.41. The summed E-state index contributed by atoms with van der Waals surface area (Å²) in [6.07, 6.45) is 0. The molecule has 1 heterocycles. The first kappa shape index (κ1) is 15.0. The van der Waals surface area contributed by atoms with Crippen molar-refractivity contribution < 1.29 is 14.3 Å². The van der Waals surface area contributed by atoms with Gasteiger partial charge >= 0.3 is 5.97 Å². The van der Waals surface area contributed by atoms with E-state index in [9.17, 15) is 4.79 Å². The number of benzene rings is 2. The molecule has 3 aromatic rings. The molecule has 0 fully saturated rings. The van der Waals surface area contributed by atoms with Crippen molar-refractivity contribution >= 4 is 16.9 Å². The second-order valence-electron chi connectivity index (χ2n) is 5.41. The SMILES string of the molecule is COc1ccc2nc(C(=O)Oc3ccc(C)cc3C)ccc2c1. The Balaban J connectivity index is 1.88. The molecule has 0 spiro atoms. The van der Waals surface area contributed by atoms with Gasteiger partial charge in [0.2, 0.25) is 0 Å². The van der Waals surface area contributed by atoms with Gasteiger partial charge in [-0.3, -0.25) is 0 Å². The van der Waals surface area contributed by atoms with Crippen LogP contribution < -0.4 is 9.47 Å². The Labute approximate surface area is 134 Å². The molecule has 2 aromatic carbocycles. The number of nitrogens with zero attached hydrogens (tertiary/aromatic N) is 1. The summed E-state index contributed by atoms with van der Waals surface area (Å²) in [5.41, 5.74) is 3.05. The summed E-state index contributed by atoms with van der Waals surface area (Å²) in [6, 6.07) is 14.7. The minimum Gasteiger partial charge on any atom is -0.497 e. The van der Waals surface area contributed by atoms with Crippen LogP contribution in [0.5, 0.6) is 11.5 Å². The number of aryl methyl sites for hydroxylation is 2. The fraction of sp³-hybridized carbons (Fsp3) is 0.158. The topological polar surface area (TPSA) is 48.4 Å². The Kier molecular flexibility index (Phi) is 3.98. The zero-order valence-electron chi connectivity index (χ0n) is 13.3. The number of pyridine rings is 1. The Morgan fingerprint density at radius 1 is 1.00 bits per heavy atom. The quantitative estimate of drug-likeness (QED) is 0.540. The fourth-order valence-electron chi connectivity index (χ4n) is 2.41. The van der Waals surface area contributed by atoms with Gasteiger partial charge in [0, 0.05) is 5.39 Å². The molecule has 4 nitrogen and oxygen atoms in total. The monoisotopic (exact) mass is 307 g/mol. The molecule has 0 saturated carbocycles. The molecule has 3 rings (SSSR count). The highest BCUT2D eigenvalue weighted by Crippen LogP contribution is 2.22. The van der Waals surface area contributed by atoms with Crippen LogP contribution in [0.1, 0.15) is 21.6 Å². The number of esters is 1. The predicted octanol–water partition coefficient (Wildman–Crippen LogP) is 4.08. The van der Waals surface area contributed by atoms with Crippen LogP contribution in [0, 0.1) is 13.8 Å². The molecule has 0 saturated heterocycles. The molecule has 4 heteroatoms. The summed E-state index contributed by atoms with van der Waals surface area (Å²) < 4.78 is 10.6. The van der Waals surface area contributed by atoms with E-state index in [2.05, 4.69) is 4.98 Å². The van der Waals surface area contributed by atoms with Crippen LogP contribution in [0.25, 0.3) is 10.9 Å². The minimum atomic E-state index is -0.463. The lowest BCUT2D eigenvalue weighted by Gasteiger charge is -2.08. The van der Waals surface area contributed by atoms with Gasteiger partial charge in [0.15, 0.2) is 0 Å². The molecular formula is C19H17NO3. The molecular weight excluding hydrogens is 290 g/mol. The van der Waals surface area contributed by atoms with Crippen LogP contribution in [-0.4, -0.2) is 18.1 Å². The van der Waals surface area contributed by atoms with E-state index in [1.54, 1.807) is 19.2 Å². The molecule has 1 aromatic heterocycles. The van der Waals surface area contributed by atoms with Crippen LogP contribution in [0.3, 0.4) is 0 Å². The zero-order valence-corrected chi connectivity index (χ0v) is 13.3. The Bertz CT molecular complexity index is 887. The van der Waals surface area contributed by atoms with Crippen LogP contribution >= 0.6 is 0 Å². The smallest absolute Gasteiger partial charge is 0.362 e. The highest BCUT2D eigenvalue weighted by molar-refractivity contribution is 5.92. The van der Waals surface area contributed by atoms with Gasteiger partial charge in [-0.2, -0.15) is 0 Å². The first-order valence-corrected chi connectivity index (χ1v) is 7.31. The van der Waals surface area contributed by atoms with E-state index >= 15 is 0 Å². The van der Waals surface area contributed by atoms with Gasteiger partial charge in [-0.05, 0) is 49.7 Å². The van der Waals surface area contributed by atoms with E-state index in [4.69, 9.17) is 9.47 Å². The first-order chi connectivity index (χ1) is 11.1. The summed E-state index contributed by atoms with van der Waals surface area (Å²) >= 11 is 0. The molecule has 0 amide bonds. The molecule has 23 heavy (non-hydrogen) atoms. The summed E-state index contributed by atoms with van der Waals surface area (Å²) in [5, 5.41) is 0.910. The molecule has 0 N–H and O–H groups in total. The number of carbonyl (C=O) groups is 1. The van der Waals surface area contributed by atoms with Gasteiger partial charge in [0.05, 0.1) is 12.6 Å². The largest absolute Gasteiger partial charge is 0.497 e. The van der Waals surface area contributed by atoms with Crippen molar-refractivity contribution in [1.82, 2.24) is 4.98 Å². The Hall–Kier alpha value is -2.88. The molecule has 0 aliphatic rings. The van der Waals surface area contributed by atoms with Crippen LogP contribution in [0.4, 0.5) is 0 Å². The van der Waals surface area contributed by atoms with Crippen molar-refractivity contribution in [2.24, 2.45) is 0 Å². The minimum absolute atomic E-state index is 0.280. The first-order valence-electron chi connectivity index (χ1n) is 7.31. The lowest BCUT2D eigenvalue weighted by atomic mass is 10.1. The van der Waals surface area contributed by atoms with Gasteiger partial charge in [-0.1, -0.05) is 23.8 Å². The summed E-state index contributed by atoms with van der Waals surface area (Å²) in [7, 11) is 1.62. The average molecular weight is 307 g/mol. The molecule has 0 radical (unpaired) electrons. The van der Waals surface area contributed by atoms with E-state index < -0.39 is 5.97 Å². The highest BCUT2D eigenvalue weighted by atomic mass is 16.5. The summed E-state index contributed by atoms with van der Waals surface area (Å²) in [5.74, 6) is 0.844.